The lowest BCUT2D eigenvalue weighted by Gasteiger charge is -2.12. The van der Waals surface area contributed by atoms with Crippen LogP contribution in [-0.4, -0.2) is 15.5 Å². The van der Waals surface area contributed by atoms with Crippen LogP contribution in [0, 0.1) is 0 Å². The Hall–Kier alpha value is -1.26. The number of nitrogens with zero attached hydrogens (tertiary/aromatic N) is 2. The van der Waals surface area contributed by atoms with E-state index in [9.17, 15) is 0 Å². The summed E-state index contributed by atoms with van der Waals surface area (Å²) in [6.45, 7) is 2.94. The standard InChI is InChI=1S/C13H17N3S/c1-2-16-13(8-9-15-16)12(14)10-17-11-6-4-3-5-7-11/h3-9,12H,2,10,14H2,1H3. The fourth-order valence-electron chi connectivity index (χ4n) is 1.71. The van der Waals surface area contributed by atoms with Gasteiger partial charge in [0.05, 0.1) is 11.7 Å². The molecule has 0 radical (unpaired) electrons. The molecular weight excluding hydrogens is 230 g/mol. The molecule has 17 heavy (non-hydrogen) atoms. The molecule has 0 fully saturated rings. The van der Waals surface area contributed by atoms with E-state index in [1.54, 1.807) is 11.8 Å². The molecule has 90 valence electrons. The second kappa shape index (κ2) is 5.89. The van der Waals surface area contributed by atoms with E-state index in [2.05, 4.69) is 24.2 Å². The molecule has 1 unspecified atom stereocenters. The van der Waals surface area contributed by atoms with Gasteiger partial charge in [0.2, 0.25) is 0 Å². The number of hydrogen-bond donors (Lipinski definition) is 1. The number of aromatic nitrogens is 2. The molecule has 0 bridgehead atoms. The molecule has 1 atom stereocenters. The van der Waals surface area contributed by atoms with Crippen LogP contribution in [0.4, 0.5) is 0 Å². The van der Waals surface area contributed by atoms with E-state index in [1.165, 1.54) is 4.90 Å². The number of aryl methyl sites for hydroxylation is 1. The Labute approximate surface area is 106 Å². The van der Waals surface area contributed by atoms with Gasteiger partial charge in [-0.1, -0.05) is 18.2 Å². The van der Waals surface area contributed by atoms with Gasteiger partial charge in [0.1, 0.15) is 0 Å². The van der Waals surface area contributed by atoms with Crippen LogP contribution in [0.5, 0.6) is 0 Å². The Kier molecular flexibility index (Phi) is 4.23. The Morgan fingerprint density at radius 2 is 2.06 bits per heavy atom. The van der Waals surface area contributed by atoms with Crippen molar-refractivity contribution >= 4 is 11.8 Å². The van der Waals surface area contributed by atoms with Crippen molar-refractivity contribution in [1.29, 1.82) is 0 Å². The van der Waals surface area contributed by atoms with Crippen LogP contribution in [0.1, 0.15) is 18.7 Å². The van der Waals surface area contributed by atoms with E-state index in [0.717, 1.165) is 18.0 Å². The third-order valence-electron chi connectivity index (χ3n) is 2.60. The zero-order chi connectivity index (χ0) is 12.1. The first-order valence-corrected chi connectivity index (χ1v) is 6.75. The van der Waals surface area contributed by atoms with Crippen LogP contribution >= 0.6 is 11.8 Å². The third-order valence-corrected chi connectivity index (χ3v) is 3.73. The zero-order valence-corrected chi connectivity index (χ0v) is 10.7. The number of hydrogen-bond acceptors (Lipinski definition) is 3. The lowest BCUT2D eigenvalue weighted by molar-refractivity contribution is 0.593. The van der Waals surface area contributed by atoms with Gasteiger partial charge in [-0.3, -0.25) is 4.68 Å². The van der Waals surface area contributed by atoms with Crippen LogP contribution in [0.3, 0.4) is 0 Å². The lowest BCUT2D eigenvalue weighted by atomic mass is 10.2. The molecule has 0 aliphatic rings. The summed E-state index contributed by atoms with van der Waals surface area (Å²) in [4.78, 5) is 1.26. The van der Waals surface area contributed by atoms with E-state index in [1.807, 2.05) is 35.1 Å². The summed E-state index contributed by atoms with van der Waals surface area (Å²) in [6, 6.07) is 12.4. The molecular formula is C13H17N3S. The van der Waals surface area contributed by atoms with Crippen LogP contribution in [0.2, 0.25) is 0 Å². The van der Waals surface area contributed by atoms with Crippen molar-refractivity contribution < 1.29 is 0 Å². The number of benzene rings is 1. The highest BCUT2D eigenvalue weighted by molar-refractivity contribution is 7.99. The molecule has 0 aliphatic heterocycles. The number of nitrogens with two attached hydrogens (primary N) is 1. The van der Waals surface area contributed by atoms with Gasteiger partial charge in [-0.15, -0.1) is 11.8 Å². The first kappa shape index (κ1) is 12.2. The summed E-state index contributed by atoms with van der Waals surface area (Å²) < 4.78 is 1.95. The summed E-state index contributed by atoms with van der Waals surface area (Å²) in [5.41, 5.74) is 7.29. The number of rotatable bonds is 5. The average molecular weight is 247 g/mol. The maximum absolute atomic E-state index is 6.18. The molecule has 0 aliphatic carbocycles. The largest absolute Gasteiger partial charge is 0.322 e. The number of thioether (sulfide) groups is 1. The normalized spacial score (nSPS) is 12.6. The fourth-order valence-corrected chi connectivity index (χ4v) is 2.60. The second-order valence-corrected chi connectivity index (χ2v) is 4.90. The lowest BCUT2D eigenvalue weighted by Crippen LogP contribution is -2.18. The van der Waals surface area contributed by atoms with E-state index in [0.29, 0.717) is 0 Å². The molecule has 2 rings (SSSR count). The monoisotopic (exact) mass is 247 g/mol. The summed E-state index contributed by atoms with van der Waals surface area (Å²) in [7, 11) is 0. The topological polar surface area (TPSA) is 43.8 Å². The van der Waals surface area contributed by atoms with Crippen molar-refractivity contribution in [2.75, 3.05) is 5.75 Å². The molecule has 0 saturated carbocycles. The van der Waals surface area contributed by atoms with Crippen molar-refractivity contribution in [1.82, 2.24) is 9.78 Å². The van der Waals surface area contributed by atoms with Crippen molar-refractivity contribution in [2.24, 2.45) is 5.73 Å². The van der Waals surface area contributed by atoms with E-state index < -0.39 is 0 Å². The maximum Gasteiger partial charge on any atom is 0.0562 e. The van der Waals surface area contributed by atoms with Gasteiger partial charge in [-0.05, 0) is 25.1 Å². The van der Waals surface area contributed by atoms with Crippen LogP contribution in [0.25, 0.3) is 0 Å². The van der Waals surface area contributed by atoms with Crippen molar-refractivity contribution in [3.8, 4) is 0 Å². The van der Waals surface area contributed by atoms with Crippen molar-refractivity contribution in [3.63, 3.8) is 0 Å². The van der Waals surface area contributed by atoms with Gasteiger partial charge in [-0.2, -0.15) is 5.10 Å². The molecule has 1 aromatic heterocycles. The Morgan fingerprint density at radius 3 is 2.76 bits per heavy atom. The van der Waals surface area contributed by atoms with Gasteiger partial charge in [0.25, 0.3) is 0 Å². The molecule has 2 aromatic rings. The van der Waals surface area contributed by atoms with E-state index in [-0.39, 0.29) is 6.04 Å². The maximum atomic E-state index is 6.18. The Morgan fingerprint density at radius 1 is 1.29 bits per heavy atom. The van der Waals surface area contributed by atoms with E-state index >= 15 is 0 Å². The molecule has 2 N–H and O–H groups in total. The quantitative estimate of drug-likeness (QED) is 0.826. The van der Waals surface area contributed by atoms with Crippen LogP contribution in [-0.2, 0) is 6.54 Å². The van der Waals surface area contributed by atoms with Crippen molar-refractivity contribution in [2.45, 2.75) is 24.4 Å². The van der Waals surface area contributed by atoms with Gasteiger partial charge < -0.3 is 5.73 Å². The van der Waals surface area contributed by atoms with Crippen LogP contribution < -0.4 is 5.73 Å². The van der Waals surface area contributed by atoms with E-state index in [4.69, 9.17) is 5.73 Å². The molecule has 0 spiro atoms. The fraction of sp³-hybridized carbons (Fsp3) is 0.308. The summed E-state index contributed by atoms with van der Waals surface area (Å²) in [5, 5.41) is 4.24. The molecule has 1 heterocycles. The minimum absolute atomic E-state index is 0.0302. The Balaban J connectivity index is 1.96. The molecule has 4 heteroatoms. The average Bonchev–Trinajstić information content (AvgIpc) is 2.85. The van der Waals surface area contributed by atoms with Gasteiger partial charge in [-0.25, -0.2) is 0 Å². The highest BCUT2D eigenvalue weighted by atomic mass is 32.2. The van der Waals surface area contributed by atoms with Crippen LogP contribution in [0.15, 0.2) is 47.5 Å². The SMILES string of the molecule is CCn1nccc1C(N)CSc1ccccc1. The van der Waals surface area contributed by atoms with Gasteiger partial charge in [0.15, 0.2) is 0 Å². The van der Waals surface area contributed by atoms with Gasteiger partial charge >= 0.3 is 0 Å². The Bertz CT molecular complexity index is 453. The summed E-state index contributed by atoms with van der Waals surface area (Å²) in [6.07, 6.45) is 1.81. The predicted molar refractivity (Wildman–Crippen MR) is 72.0 cm³/mol. The minimum atomic E-state index is 0.0302. The summed E-state index contributed by atoms with van der Waals surface area (Å²) in [5.74, 6) is 0.871. The summed E-state index contributed by atoms with van der Waals surface area (Å²) >= 11 is 1.78. The predicted octanol–water partition coefficient (Wildman–Crippen LogP) is 2.70. The third kappa shape index (κ3) is 3.11. The first-order chi connectivity index (χ1) is 8.31. The molecule has 1 aromatic carbocycles. The smallest absolute Gasteiger partial charge is 0.0562 e. The zero-order valence-electron chi connectivity index (χ0n) is 9.91. The highest BCUT2D eigenvalue weighted by Gasteiger charge is 2.11. The molecule has 3 nitrogen and oxygen atoms in total. The molecule has 0 saturated heterocycles. The van der Waals surface area contributed by atoms with Gasteiger partial charge in [0, 0.05) is 23.4 Å². The first-order valence-electron chi connectivity index (χ1n) is 5.76. The minimum Gasteiger partial charge on any atom is -0.322 e. The molecule has 0 amide bonds. The highest BCUT2D eigenvalue weighted by Crippen LogP contribution is 2.22. The van der Waals surface area contributed by atoms with Crippen molar-refractivity contribution in [3.05, 3.63) is 48.3 Å². The second-order valence-electron chi connectivity index (χ2n) is 3.80.